The van der Waals surface area contributed by atoms with Crippen molar-refractivity contribution in [3.63, 3.8) is 0 Å². The first-order valence-electron chi connectivity index (χ1n) is 6.68. The molecule has 1 heterocycles. The number of pyridine rings is 1. The Morgan fingerprint density at radius 1 is 1.24 bits per heavy atom. The number of rotatable bonds is 5. The van der Waals surface area contributed by atoms with E-state index in [1.54, 1.807) is 6.07 Å². The fourth-order valence-electron chi connectivity index (χ4n) is 1.97. The van der Waals surface area contributed by atoms with Crippen molar-refractivity contribution in [2.24, 2.45) is 5.14 Å². The molecule has 1 aromatic heterocycles. The largest absolute Gasteiger partial charge is 0.437 e. The van der Waals surface area contributed by atoms with Gasteiger partial charge < -0.3 is 4.74 Å². The van der Waals surface area contributed by atoms with Crippen LogP contribution < -0.4 is 9.88 Å². The number of hydrogen-bond acceptors (Lipinski definition) is 4. The highest BCUT2D eigenvalue weighted by Crippen LogP contribution is 2.33. The van der Waals surface area contributed by atoms with E-state index in [4.69, 9.17) is 9.88 Å². The summed E-state index contributed by atoms with van der Waals surface area (Å²) in [7, 11) is -3.88. The average molecular weight is 306 g/mol. The van der Waals surface area contributed by atoms with Gasteiger partial charge in [-0.25, -0.2) is 18.5 Å². The highest BCUT2D eigenvalue weighted by atomic mass is 32.2. The maximum absolute atomic E-state index is 11.6. The Morgan fingerprint density at radius 3 is 2.62 bits per heavy atom. The number of nitrogens with zero attached hydrogens (tertiary/aromatic N) is 1. The van der Waals surface area contributed by atoms with Gasteiger partial charge in [0.2, 0.25) is 15.9 Å². The molecular formula is C15H18N2O3S. The van der Waals surface area contributed by atoms with Crippen molar-refractivity contribution >= 4 is 10.0 Å². The molecule has 0 saturated carbocycles. The van der Waals surface area contributed by atoms with E-state index in [2.05, 4.69) is 18.8 Å². The molecule has 0 saturated heterocycles. The van der Waals surface area contributed by atoms with Crippen molar-refractivity contribution < 1.29 is 13.2 Å². The van der Waals surface area contributed by atoms with Crippen LogP contribution in [0, 0.1) is 0 Å². The van der Waals surface area contributed by atoms with Crippen LogP contribution in [0.5, 0.6) is 11.6 Å². The van der Waals surface area contributed by atoms with Crippen molar-refractivity contribution in [1.29, 1.82) is 0 Å². The van der Waals surface area contributed by atoms with Gasteiger partial charge in [0, 0.05) is 6.20 Å². The lowest BCUT2D eigenvalue weighted by Crippen LogP contribution is -2.14. The number of aromatic nitrogens is 1. The second-order valence-corrected chi connectivity index (χ2v) is 6.33. The van der Waals surface area contributed by atoms with Crippen LogP contribution in [0.15, 0.2) is 47.5 Å². The van der Waals surface area contributed by atoms with E-state index < -0.39 is 10.0 Å². The first-order chi connectivity index (χ1) is 9.93. The van der Waals surface area contributed by atoms with Crippen LogP contribution >= 0.6 is 0 Å². The van der Waals surface area contributed by atoms with Crippen LogP contribution in [0.1, 0.15) is 31.7 Å². The van der Waals surface area contributed by atoms with Gasteiger partial charge in [-0.15, -0.1) is 0 Å². The summed E-state index contributed by atoms with van der Waals surface area (Å²) >= 11 is 0. The fourth-order valence-corrected chi connectivity index (χ4v) is 2.58. The van der Waals surface area contributed by atoms with Crippen LogP contribution in [-0.4, -0.2) is 13.4 Å². The standard InChI is InChI=1S/C15H18N2O3S/c1-3-11(2)12-7-4-5-8-13(12)20-15-14(21(16,18)19)9-6-10-17-15/h4-11H,3H2,1-2H3,(H2,16,18,19). The molecule has 0 fully saturated rings. The third-order valence-electron chi connectivity index (χ3n) is 3.31. The lowest BCUT2D eigenvalue weighted by molar-refractivity contribution is 0.437. The minimum Gasteiger partial charge on any atom is -0.437 e. The molecule has 1 atom stereocenters. The van der Waals surface area contributed by atoms with Crippen LogP contribution in [0.25, 0.3) is 0 Å². The number of hydrogen-bond donors (Lipinski definition) is 1. The zero-order chi connectivity index (χ0) is 15.5. The highest BCUT2D eigenvalue weighted by molar-refractivity contribution is 7.89. The molecule has 6 heteroatoms. The zero-order valence-corrected chi connectivity index (χ0v) is 12.8. The van der Waals surface area contributed by atoms with Gasteiger partial charge in [0.05, 0.1) is 0 Å². The van der Waals surface area contributed by atoms with E-state index in [0.717, 1.165) is 12.0 Å². The minimum atomic E-state index is -3.88. The van der Waals surface area contributed by atoms with Crippen molar-refractivity contribution in [2.45, 2.75) is 31.1 Å². The summed E-state index contributed by atoms with van der Waals surface area (Å²) in [6.45, 7) is 4.17. The Hall–Kier alpha value is -1.92. The van der Waals surface area contributed by atoms with Crippen molar-refractivity contribution in [3.8, 4) is 11.6 Å². The maximum atomic E-state index is 11.6. The molecule has 0 aliphatic rings. The normalized spacial score (nSPS) is 12.9. The summed E-state index contributed by atoms with van der Waals surface area (Å²) in [5, 5.41) is 5.19. The van der Waals surface area contributed by atoms with E-state index in [0.29, 0.717) is 11.7 Å². The van der Waals surface area contributed by atoms with E-state index in [1.165, 1.54) is 18.3 Å². The fraction of sp³-hybridized carbons (Fsp3) is 0.267. The summed E-state index contributed by atoms with van der Waals surface area (Å²) in [6.07, 6.45) is 2.42. The molecule has 2 rings (SSSR count). The molecule has 0 bridgehead atoms. The van der Waals surface area contributed by atoms with Gasteiger partial charge in [-0.1, -0.05) is 32.0 Å². The molecule has 0 amide bonds. The Bertz CT molecular complexity index is 729. The average Bonchev–Trinajstić information content (AvgIpc) is 2.46. The number of ether oxygens (including phenoxy) is 1. The number of benzene rings is 1. The van der Waals surface area contributed by atoms with Crippen molar-refractivity contribution in [1.82, 2.24) is 4.98 Å². The van der Waals surface area contributed by atoms with Crippen LogP contribution in [0.3, 0.4) is 0 Å². The first kappa shape index (κ1) is 15.5. The highest BCUT2D eigenvalue weighted by Gasteiger charge is 2.18. The molecule has 112 valence electrons. The van der Waals surface area contributed by atoms with E-state index >= 15 is 0 Å². The zero-order valence-electron chi connectivity index (χ0n) is 12.0. The third-order valence-corrected chi connectivity index (χ3v) is 4.24. The lowest BCUT2D eigenvalue weighted by atomic mass is 9.98. The summed E-state index contributed by atoms with van der Waals surface area (Å²) in [4.78, 5) is 3.86. The van der Waals surface area contributed by atoms with Gasteiger partial charge in [-0.2, -0.15) is 0 Å². The second-order valence-electron chi connectivity index (χ2n) is 4.80. The molecular weight excluding hydrogens is 288 g/mol. The van der Waals surface area contributed by atoms with Crippen LogP contribution in [0.2, 0.25) is 0 Å². The van der Waals surface area contributed by atoms with Gasteiger partial charge in [0.25, 0.3) is 0 Å². The Morgan fingerprint density at radius 2 is 1.95 bits per heavy atom. The molecule has 5 nitrogen and oxygen atoms in total. The molecule has 1 aromatic carbocycles. The smallest absolute Gasteiger partial charge is 0.243 e. The Balaban J connectivity index is 2.45. The van der Waals surface area contributed by atoms with E-state index in [-0.39, 0.29) is 10.8 Å². The molecule has 2 aromatic rings. The number of nitrogens with two attached hydrogens (primary N) is 1. The SMILES string of the molecule is CCC(C)c1ccccc1Oc1ncccc1S(N)(=O)=O. The number of sulfonamides is 1. The van der Waals surface area contributed by atoms with E-state index in [1.807, 2.05) is 18.2 Å². The Kier molecular flexibility index (Phi) is 4.59. The molecule has 0 aliphatic carbocycles. The van der Waals surface area contributed by atoms with Gasteiger partial charge in [-0.3, -0.25) is 0 Å². The maximum Gasteiger partial charge on any atom is 0.243 e. The number of para-hydroxylation sites is 1. The predicted molar refractivity (Wildman–Crippen MR) is 80.8 cm³/mol. The minimum absolute atomic E-state index is 0.00393. The van der Waals surface area contributed by atoms with Gasteiger partial charge in [0.1, 0.15) is 10.6 Å². The van der Waals surface area contributed by atoms with Crippen molar-refractivity contribution in [3.05, 3.63) is 48.2 Å². The molecule has 2 N–H and O–H groups in total. The summed E-state index contributed by atoms with van der Waals surface area (Å²) in [6, 6.07) is 10.4. The van der Waals surface area contributed by atoms with Crippen LogP contribution in [0.4, 0.5) is 0 Å². The third kappa shape index (κ3) is 3.59. The summed E-state index contributed by atoms with van der Waals surface area (Å²) in [5.74, 6) is 0.883. The Labute approximate surface area is 124 Å². The lowest BCUT2D eigenvalue weighted by Gasteiger charge is -2.15. The number of primary sulfonamides is 1. The quantitative estimate of drug-likeness (QED) is 0.920. The molecule has 1 unspecified atom stereocenters. The molecule has 0 spiro atoms. The second kappa shape index (κ2) is 6.24. The van der Waals surface area contributed by atoms with Gasteiger partial charge in [0.15, 0.2) is 0 Å². The van der Waals surface area contributed by atoms with Gasteiger partial charge >= 0.3 is 0 Å². The van der Waals surface area contributed by atoms with Gasteiger partial charge in [-0.05, 0) is 36.1 Å². The molecule has 0 aliphatic heterocycles. The van der Waals surface area contributed by atoms with Crippen molar-refractivity contribution in [2.75, 3.05) is 0 Å². The first-order valence-corrected chi connectivity index (χ1v) is 8.22. The summed E-state index contributed by atoms with van der Waals surface area (Å²) in [5.41, 5.74) is 1.01. The topological polar surface area (TPSA) is 82.3 Å². The predicted octanol–water partition coefficient (Wildman–Crippen LogP) is 3.03. The molecule has 0 radical (unpaired) electrons. The van der Waals surface area contributed by atoms with Crippen LogP contribution in [-0.2, 0) is 10.0 Å². The summed E-state index contributed by atoms with van der Waals surface area (Å²) < 4.78 is 28.9. The van der Waals surface area contributed by atoms with E-state index in [9.17, 15) is 8.42 Å². The monoisotopic (exact) mass is 306 g/mol. The molecule has 21 heavy (non-hydrogen) atoms.